The maximum Gasteiger partial charge on any atom is 0.405 e. The van der Waals surface area contributed by atoms with Crippen molar-refractivity contribution in [2.24, 2.45) is 0 Å². The molecule has 0 aliphatic carbocycles. The average molecular weight is 220 g/mol. The first-order valence-electron chi connectivity index (χ1n) is 4.99. The van der Waals surface area contributed by atoms with E-state index >= 15 is 0 Å². The summed E-state index contributed by atoms with van der Waals surface area (Å²) in [5, 5.41) is 10.9. The van der Waals surface area contributed by atoms with Gasteiger partial charge < -0.3 is 15.3 Å². The summed E-state index contributed by atoms with van der Waals surface area (Å²) in [4.78, 5) is 23.2. The molecule has 2 N–H and O–H groups in total. The lowest BCUT2D eigenvalue weighted by Crippen LogP contribution is -2.59. The lowest BCUT2D eigenvalue weighted by atomic mass is 10.1. The van der Waals surface area contributed by atoms with Crippen LogP contribution in [0, 0.1) is 0 Å². The van der Waals surface area contributed by atoms with Crippen LogP contribution in [0.2, 0.25) is 0 Å². The topological polar surface area (TPSA) is 69.6 Å². The Labute approximate surface area is 92.7 Å². The summed E-state index contributed by atoms with van der Waals surface area (Å²) in [5.41, 5.74) is 1.50. The summed E-state index contributed by atoms with van der Waals surface area (Å²) >= 11 is 0. The van der Waals surface area contributed by atoms with E-state index in [0.29, 0.717) is 18.7 Å². The van der Waals surface area contributed by atoms with Crippen molar-refractivity contribution in [1.29, 1.82) is 0 Å². The van der Waals surface area contributed by atoms with Crippen molar-refractivity contribution >= 4 is 18.1 Å². The minimum Gasteiger partial charge on any atom is -0.465 e. The van der Waals surface area contributed by atoms with Crippen LogP contribution < -0.4 is 10.2 Å². The van der Waals surface area contributed by atoms with Gasteiger partial charge in [-0.15, -0.1) is 0 Å². The summed E-state index contributed by atoms with van der Waals surface area (Å²) in [5.74, 6) is 0. The van der Waals surface area contributed by atoms with Gasteiger partial charge in [0.25, 0.3) is 0 Å². The molecule has 0 atom stereocenters. The molecule has 0 spiro atoms. The molecule has 1 fully saturated rings. The Hall–Kier alpha value is -2.04. The van der Waals surface area contributed by atoms with Crippen molar-refractivity contribution in [1.82, 2.24) is 5.32 Å². The Morgan fingerprint density at radius 2 is 2.12 bits per heavy atom. The van der Waals surface area contributed by atoms with Crippen LogP contribution in [0.15, 0.2) is 24.3 Å². The number of nitrogens with one attached hydrogen (secondary N) is 1. The minimum atomic E-state index is -1.01. The van der Waals surface area contributed by atoms with Gasteiger partial charge in [-0.05, 0) is 12.1 Å². The summed E-state index contributed by atoms with van der Waals surface area (Å²) in [6.45, 7) is 1.22. The molecule has 1 saturated heterocycles. The summed E-state index contributed by atoms with van der Waals surface area (Å²) < 4.78 is 0. The Morgan fingerprint density at radius 3 is 2.75 bits per heavy atom. The maximum absolute atomic E-state index is 10.8. The molecule has 1 amide bonds. The van der Waals surface area contributed by atoms with Crippen LogP contribution in [0.4, 0.5) is 10.5 Å². The third kappa shape index (κ3) is 1.98. The molecule has 0 aromatic heterocycles. The molecule has 2 rings (SSSR count). The van der Waals surface area contributed by atoms with Gasteiger partial charge in [-0.25, -0.2) is 4.79 Å². The van der Waals surface area contributed by atoms with Gasteiger partial charge in [-0.1, -0.05) is 12.1 Å². The standard InChI is InChI=1S/C11H12N2O3/c14-7-8-3-1-2-4-10(8)13-5-9(6-13)12-11(15)16/h1-4,7,9,12H,5-6H2,(H,15,16). The summed E-state index contributed by atoms with van der Waals surface area (Å²) in [6, 6.07) is 7.23. The first-order valence-corrected chi connectivity index (χ1v) is 4.99. The number of hydrogen-bond acceptors (Lipinski definition) is 3. The highest BCUT2D eigenvalue weighted by molar-refractivity contribution is 5.85. The molecule has 0 radical (unpaired) electrons. The molecule has 1 aliphatic heterocycles. The zero-order valence-electron chi connectivity index (χ0n) is 8.59. The molecule has 1 aromatic rings. The van der Waals surface area contributed by atoms with Crippen LogP contribution in [0.25, 0.3) is 0 Å². The fraction of sp³-hybridized carbons (Fsp3) is 0.273. The number of rotatable bonds is 3. The smallest absolute Gasteiger partial charge is 0.405 e. The minimum absolute atomic E-state index is 0.0443. The van der Waals surface area contributed by atoms with E-state index in [0.717, 1.165) is 12.0 Å². The van der Waals surface area contributed by atoms with E-state index in [2.05, 4.69) is 5.32 Å². The molecular weight excluding hydrogens is 208 g/mol. The maximum atomic E-state index is 10.8. The molecular formula is C11H12N2O3. The average Bonchev–Trinajstić information content (AvgIpc) is 2.22. The zero-order valence-corrected chi connectivity index (χ0v) is 8.59. The highest BCUT2D eigenvalue weighted by Crippen LogP contribution is 2.23. The van der Waals surface area contributed by atoms with Crippen molar-refractivity contribution in [3.63, 3.8) is 0 Å². The SMILES string of the molecule is O=Cc1ccccc1N1CC(NC(=O)O)C1. The molecule has 1 aliphatic rings. The first-order chi connectivity index (χ1) is 7.70. The molecule has 0 unspecified atom stereocenters. The van der Waals surface area contributed by atoms with Crippen LogP contribution in [0.1, 0.15) is 10.4 Å². The number of nitrogens with zero attached hydrogens (tertiary/aromatic N) is 1. The van der Waals surface area contributed by atoms with Crippen LogP contribution in [-0.4, -0.2) is 36.6 Å². The third-order valence-electron chi connectivity index (χ3n) is 2.61. The van der Waals surface area contributed by atoms with E-state index in [1.54, 1.807) is 12.1 Å². The van der Waals surface area contributed by atoms with Gasteiger partial charge in [0.15, 0.2) is 6.29 Å². The number of para-hydroxylation sites is 1. The number of anilines is 1. The zero-order chi connectivity index (χ0) is 11.5. The second-order valence-electron chi connectivity index (χ2n) is 3.73. The molecule has 1 aromatic carbocycles. The number of aldehydes is 1. The molecule has 84 valence electrons. The van der Waals surface area contributed by atoms with Gasteiger partial charge in [-0.3, -0.25) is 4.79 Å². The Morgan fingerprint density at radius 1 is 1.44 bits per heavy atom. The highest BCUT2D eigenvalue weighted by atomic mass is 16.4. The molecule has 1 heterocycles. The van der Waals surface area contributed by atoms with E-state index < -0.39 is 6.09 Å². The van der Waals surface area contributed by atoms with Crippen LogP contribution in [-0.2, 0) is 0 Å². The van der Waals surface area contributed by atoms with E-state index in [9.17, 15) is 9.59 Å². The number of benzene rings is 1. The third-order valence-corrected chi connectivity index (χ3v) is 2.61. The van der Waals surface area contributed by atoms with Crippen LogP contribution >= 0.6 is 0 Å². The Bertz CT molecular complexity index is 413. The normalized spacial score (nSPS) is 15.4. The molecule has 0 saturated carbocycles. The largest absolute Gasteiger partial charge is 0.465 e. The number of amides is 1. The molecule has 0 bridgehead atoms. The number of carbonyl (C=O) groups excluding carboxylic acids is 1. The van der Waals surface area contributed by atoms with Crippen LogP contribution in [0.5, 0.6) is 0 Å². The van der Waals surface area contributed by atoms with Crippen molar-refractivity contribution in [3.8, 4) is 0 Å². The molecule has 5 nitrogen and oxygen atoms in total. The number of hydrogen-bond donors (Lipinski definition) is 2. The molecule has 5 heteroatoms. The van der Waals surface area contributed by atoms with Gasteiger partial charge in [0, 0.05) is 24.3 Å². The van der Waals surface area contributed by atoms with E-state index in [-0.39, 0.29) is 6.04 Å². The predicted octanol–water partition coefficient (Wildman–Crippen LogP) is 0.955. The van der Waals surface area contributed by atoms with Crippen molar-refractivity contribution in [2.45, 2.75) is 6.04 Å². The van der Waals surface area contributed by atoms with Crippen molar-refractivity contribution in [3.05, 3.63) is 29.8 Å². The second kappa shape index (κ2) is 4.22. The monoisotopic (exact) mass is 220 g/mol. The predicted molar refractivity (Wildman–Crippen MR) is 59.0 cm³/mol. The van der Waals surface area contributed by atoms with Crippen LogP contribution in [0.3, 0.4) is 0 Å². The van der Waals surface area contributed by atoms with E-state index in [4.69, 9.17) is 5.11 Å². The first kappa shape index (κ1) is 10.5. The number of carbonyl (C=O) groups is 2. The number of carboxylic acid groups (broad SMARTS) is 1. The van der Waals surface area contributed by atoms with Crippen molar-refractivity contribution < 1.29 is 14.7 Å². The lowest BCUT2D eigenvalue weighted by Gasteiger charge is -2.41. The van der Waals surface area contributed by atoms with E-state index in [1.165, 1.54) is 0 Å². The highest BCUT2D eigenvalue weighted by Gasteiger charge is 2.29. The second-order valence-corrected chi connectivity index (χ2v) is 3.73. The fourth-order valence-electron chi connectivity index (χ4n) is 1.82. The van der Waals surface area contributed by atoms with Gasteiger partial charge in [0.2, 0.25) is 0 Å². The van der Waals surface area contributed by atoms with E-state index in [1.807, 2.05) is 17.0 Å². The van der Waals surface area contributed by atoms with Gasteiger partial charge in [-0.2, -0.15) is 0 Å². The summed E-state index contributed by atoms with van der Waals surface area (Å²) in [6.07, 6.45) is -0.193. The van der Waals surface area contributed by atoms with Gasteiger partial charge in [0.1, 0.15) is 0 Å². The summed E-state index contributed by atoms with van der Waals surface area (Å²) in [7, 11) is 0. The lowest BCUT2D eigenvalue weighted by molar-refractivity contribution is 0.112. The Balaban J connectivity index is 2.01. The van der Waals surface area contributed by atoms with Gasteiger partial charge in [0.05, 0.1) is 6.04 Å². The fourth-order valence-corrected chi connectivity index (χ4v) is 1.82. The molecule has 16 heavy (non-hydrogen) atoms. The Kier molecular flexibility index (Phi) is 2.76. The quantitative estimate of drug-likeness (QED) is 0.744. The van der Waals surface area contributed by atoms with Gasteiger partial charge >= 0.3 is 6.09 Å². The van der Waals surface area contributed by atoms with Crippen molar-refractivity contribution in [2.75, 3.05) is 18.0 Å².